The lowest BCUT2D eigenvalue weighted by Crippen LogP contribution is -2.30. The van der Waals surface area contributed by atoms with Gasteiger partial charge in [-0.15, -0.1) is 11.3 Å². The average molecular weight is 306 g/mol. The van der Waals surface area contributed by atoms with Gasteiger partial charge in [-0.25, -0.2) is 0 Å². The van der Waals surface area contributed by atoms with E-state index in [1.807, 2.05) is 13.0 Å². The minimum atomic E-state index is -0.825. The second-order valence-electron chi connectivity index (χ2n) is 4.13. The Bertz CT molecular complexity index is 357. The van der Waals surface area contributed by atoms with E-state index in [0.717, 1.165) is 14.2 Å². The fourth-order valence-corrected chi connectivity index (χ4v) is 2.92. The van der Waals surface area contributed by atoms with Crippen LogP contribution in [0.3, 0.4) is 0 Å². The van der Waals surface area contributed by atoms with Gasteiger partial charge in [0.25, 0.3) is 0 Å². The Hall–Kier alpha value is -0.390. The molecule has 0 amide bonds. The van der Waals surface area contributed by atoms with Gasteiger partial charge in [0.15, 0.2) is 0 Å². The van der Waals surface area contributed by atoms with Crippen molar-refractivity contribution in [2.24, 2.45) is 5.92 Å². The molecule has 90 valence electrons. The molecule has 0 aliphatic rings. The van der Waals surface area contributed by atoms with Crippen molar-refractivity contribution in [3.05, 3.63) is 20.3 Å². The number of rotatable bonds is 5. The molecule has 5 heteroatoms. The van der Waals surface area contributed by atoms with E-state index in [-0.39, 0.29) is 0 Å². The molecule has 0 radical (unpaired) electrons. The molecule has 0 bridgehead atoms. The van der Waals surface area contributed by atoms with Gasteiger partial charge in [0.1, 0.15) is 6.04 Å². The third-order valence-electron chi connectivity index (χ3n) is 2.14. The molecule has 0 saturated carbocycles. The summed E-state index contributed by atoms with van der Waals surface area (Å²) >= 11 is 4.92. The van der Waals surface area contributed by atoms with Crippen molar-refractivity contribution >= 4 is 33.2 Å². The van der Waals surface area contributed by atoms with Gasteiger partial charge in [-0.2, -0.15) is 0 Å². The molecule has 1 unspecified atom stereocenters. The largest absolute Gasteiger partial charge is 0.480 e. The number of aliphatic carboxylic acids is 1. The van der Waals surface area contributed by atoms with E-state index in [9.17, 15) is 4.79 Å². The third-order valence-corrected chi connectivity index (χ3v) is 4.34. The smallest absolute Gasteiger partial charge is 0.326 e. The molecule has 0 spiro atoms. The highest BCUT2D eigenvalue weighted by atomic mass is 79.9. The molecule has 16 heavy (non-hydrogen) atoms. The fraction of sp³-hybridized carbons (Fsp3) is 0.545. The highest BCUT2D eigenvalue weighted by molar-refractivity contribution is 9.10. The number of hydrogen-bond acceptors (Lipinski definition) is 3. The second-order valence-corrected chi connectivity index (χ2v) is 6.27. The fourth-order valence-electron chi connectivity index (χ4n) is 1.29. The molecule has 0 fully saturated rings. The zero-order chi connectivity index (χ0) is 12.3. The van der Waals surface area contributed by atoms with Crippen molar-refractivity contribution in [1.29, 1.82) is 0 Å². The van der Waals surface area contributed by atoms with Crippen LogP contribution in [0.2, 0.25) is 0 Å². The SMILES string of the molecule is Cc1sc(C(NCC(C)C)C(=O)O)cc1Br. The molecule has 1 heterocycles. The van der Waals surface area contributed by atoms with Crippen molar-refractivity contribution in [1.82, 2.24) is 5.32 Å². The highest BCUT2D eigenvalue weighted by Gasteiger charge is 2.22. The maximum absolute atomic E-state index is 11.2. The first-order chi connectivity index (χ1) is 7.41. The van der Waals surface area contributed by atoms with Crippen LogP contribution < -0.4 is 5.32 Å². The Labute approximate surface area is 108 Å². The second kappa shape index (κ2) is 5.80. The van der Waals surface area contributed by atoms with Gasteiger partial charge >= 0.3 is 5.97 Å². The normalized spacial score (nSPS) is 13.1. The number of carbonyl (C=O) groups is 1. The van der Waals surface area contributed by atoms with Gasteiger partial charge in [-0.3, -0.25) is 10.1 Å². The molecule has 0 aliphatic heterocycles. The summed E-state index contributed by atoms with van der Waals surface area (Å²) in [5, 5.41) is 12.2. The van der Waals surface area contributed by atoms with E-state index < -0.39 is 12.0 Å². The van der Waals surface area contributed by atoms with Crippen LogP contribution in [0, 0.1) is 12.8 Å². The van der Waals surface area contributed by atoms with Crippen molar-refractivity contribution < 1.29 is 9.90 Å². The van der Waals surface area contributed by atoms with Crippen molar-refractivity contribution in [2.45, 2.75) is 26.8 Å². The lowest BCUT2D eigenvalue weighted by Gasteiger charge is -2.14. The first kappa shape index (κ1) is 13.7. The number of aryl methyl sites for hydroxylation is 1. The first-order valence-corrected chi connectivity index (χ1v) is 6.74. The summed E-state index contributed by atoms with van der Waals surface area (Å²) in [5.74, 6) is -0.388. The Balaban J connectivity index is 2.81. The number of halogens is 1. The number of hydrogen-bond donors (Lipinski definition) is 2. The summed E-state index contributed by atoms with van der Waals surface area (Å²) in [5.41, 5.74) is 0. The molecule has 1 aromatic rings. The van der Waals surface area contributed by atoms with Crippen LogP contribution in [-0.2, 0) is 4.79 Å². The van der Waals surface area contributed by atoms with Crippen LogP contribution in [0.5, 0.6) is 0 Å². The van der Waals surface area contributed by atoms with Crippen LogP contribution >= 0.6 is 27.3 Å². The van der Waals surface area contributed by atoms with E-state index in [4.69, 9.17) is 5.11 Å². The maximum Gasteiger partial charge on any atom is 0.326 e. The zero-order valence-electron chi connectivity index (χ0n) is 9.58. The van der Waals surface area contributed by atoms with Gasteiger partial charge in [0, 0.05) is 14.2 Å². The minimum absolute atomic E-state index is 0.436. The van der Waals surface area contributed by atoms with Gasteiger partial charge in [0.2, 0.25) is 0 Å². The summed E-state index contributed by atoms with van der Waals surface area (Å²) in [6.45, 7) is 6.79. The number of thiophene rings is 1. The molecule has 1 aromatic heterocycles. The van der Waals surface area contributed by atoms with E-state index >= 15 is 0 Å². The van der Waals surface area contributed by atoms with E-state index in [1.54, 1.807) is 0 Å². The van der Waals surface area contributed by atoms with Gasteiger partial charge in [-0.05, 0) is 41.4 Å². The van der Waals surface area contributed by atoms with Gasteiger partial charge in [0.05, 0.1) is 0 Å². The summed E-state index contributed by atoms with van der Waals surface area (Å²) in [6, 6.07) is 1.28. The zero-order valence-corrected chi connectivity index (χ0v) is 12.0. The van der Waals surface area contributed by atoms with Crippen LogP contribution in [0.15, 0.2) is 10.5 Å². The maximum atomic E-state index is 11.2. The summed E-state index contributed by atoms with van der Waals surface area (Å²) in [7, 11) is 0. The summed E-state index contributed by atoms with van der Waals surface area (Å²) < 4.78 is 0.977. The summed E-state index contributed by atoms with van der Waals surface area (Å²) in [6.07, 6.45) is 0. The Kier molecular flexibility index (Phi) is 4.95. The van der Waals surface area contributed by atoms with E-state index in [1.165, 1.54) is 11.3 Å². The Morgan fingerprint density at radius 2 is 2.25 bits per heavy atom. The lowest BCUT2D eigenvalue weighted by molar-refractivity contribution is -0.139. The molecule has 0 aliphatic carbocycles. The third kappa shape index (κ3) is 3.57. The predicted octanol–water partition coefficient (Wildman–Crippen LogP) is 3.19. The van der Waals surface area contributed by atoms with E-state index in [2.05, 4.69) is 35.1 Å². The number of nitrogens with one attached hydrogen (secondary N) is 1. The van der Waals surface area contributed by atoms with Gasteiger partial charge < -0.3 is 5.11 Å². The lowest BCUT2D eigenvalue weighted by atomic mass is 10.2. The number of carboxylic acid groups (broad SMARTS) is 1. The Morgan fingerprint density at radius 3 is 2.62 bits per heavy atom. The van der Waals surface area contributed by atoms with Crippen molar-refractivity contribution in [2.75, 3.05) is 6.54 Å². The van der Waals surface area contributed by atoms with E-state index in [0.29, 0.717) is 12.5 Å². The first-order valence-electron chi connectivity index (χ1n) is 5.13. The van der Waals surface area contributed by atoms with Crippen molar-refractivity contribution in [3.8, 4) is 0 Å². The molecule has 1 rings (SSSR count). The quantitative estimate of drug-likeness (QED) is 0.878. The predicted molar refractivity (Wildman–Crippen MR) is 70.0 cm³/mol. The minimum Gasteiger partial charge on any atom is -0.480 e. The topological polar surface area (TPSA) is 49.3 Å². The molecule has 3 nitrogen and oxygen atoms in total. The standard InChI is InChI=1S/C11H16BrNO2S/c1-6(2)5-13-10(11(14)15)9-4-8(12)7(3)16-9/h4,6,10,13H,5H2,1-3H3,(H,14,15). The molecule has 2 N–H and O–H groups in total. The number of carboxylic acids is 1. The molecular weight excluding hydrogens is 290 g/mol. The Morgan fingerprint density at radius 1 is 1.62 bits per heavy atom. The van der Waals surface area contributed by atoms with Crippen LogP contribution in [0.4, 0.5) is 0 Å². The molecule has 0 aromatic carbocycles. The average Bonchev–Trinajstić information content (AvgIpc) is 2.46. The summed E-state index contributed by atoms with van der Waals surface area (Å²) in [4.78, 5) is 13.1. The van der Waals surface area contributed by atoms with Crippen LogP contribution in [0.1, 0.15) is 29.6 Å². The molecule has 0 saturated heterocycles. The van der Waals surface area contributed by atoms with Crippen molar-refractivity contribution in [3.63, 3.8) is 0 Å². The van der Waals surface area contributed by atoms with Crippen LogP contribution in [0.25, 0.3) is 0 Å². The highest BCUT2D eigenvalue weighted by Crippen LogP contribution is 2.30. The van der Waals surface area contributed by atoms with Crippen LogP contribution in [-0.4, -0.2) is 17.6 Å². The monoisotopic (exact) mass is 305 g/mol. The van der Waals surface area contributed by atoms with Gasteiger partial charge in [-0.1, -0.05) is 13.8 Å². The molecular formula is C11H16BrNO2S. The molecule has 1 atom stereocenters.